The Morgan fingerprint density at radius 1 is 1.21 bits per heavy atom. The van der Waals surface area contributed by atoms with Gasteiger partial charge in [-0.1, -0.05) is 6.07 Å². The van der Waals surface area contributed by atoms with E-state index in [1.807, 2.05) is 0 Å². The number of carbonyl (C=O) groups is 1. The maximum Gasteiger partial charge on any atom is 0.417 e. The first-order valence-electron chi connectivity index (χ1n) is 8.71. The number of piperidine rings is 1. The Morgan fingerprint density at radius 2 is 1.89 bits per heavy atom. The molecule has 1 fully saturated rings. The van der Waals surface area contributed by atoms with E-state index in [0.717, 1.165) is 12.1 Å². The summed E-state index contributed by atoms with van der Waals surface area (Å²) in [6, 6.07) is 5.87. The number of nitrogens with zero attached hydrogens (tertiary/aromatic N) is 1. The van der Waals surface area contributed by atoms with Gasteiger partial charge in [0.2, 0.25) is 15.9 Å². The van der Waals surface area contributed by atoms with Crippen molar-refractivity contribution in [2.24, 2.45) is 0 Å². The van der Waals surface area contributed by atoms with Gasteiger partial charge >= 0.3 is 6.18 Å². The fraction of sp³-hybridized carbons (Fsp3) is 0.389. The molecule has 0 unspecified atom stereocenters. The molecule has 1 aromatic heterocycles. The van der Waals surface area contributed by atoms with E-state index < -0.39 is 32.7 Å². The number of halogens is 3. The summed E-state index contributed by atoms with van der Waals surface area (Å²) in [4.78, 5) is 14.9. The number of H-pyrrole nitrogens is 1. The standard InChI is InChI=1S/C18H20F3N3O3S/c1-12(25)24-9-6-14(7-10-24)23-28(26,27)17-5-4-13(16-3-2-8-22-16)11-15(17)18(19,20)21/h2-5,8,11,14,22-23H,6-7,9-10H2,1H3. The van der Waals surface area contributed by atoms with Crippen LogP contribution in [0.15, 0.2) is 41.4 Å². The smallest absolute Gasteiger partial charge is 0.361 e. The number of likely N-dealkylation sites (tertiary alicyclic amines) is 1. The third-order valence-electron chi connectivity index (χ3n) is 4.75. The number of carbonyl (C=O) groups excluding carboxylic acids is 1. The Hall–Kier alpha value is -2.33. The summed E-state index contributed by atoms with van der Waals surface area (Å²) in [7, 11) is -4.38. The SMILES string of the molecule is CC(=O)N1CCC(NS(=O)(=O)c2ccc(-c3ccc[nH]3)cc2C(F)(F)F)CC1. The van der Waals surface area contributed by atoms with E-state index >= 15 is 0 Å². The van der Waals surface area contributed by atoms with E-state index in [0.29, 0.717) is 31.6 Å². The molecular weight excluding hydrogens is 395 g/mol. The second-order valence-corrected chi connectivity index (χ2v) is 8.38. The summed E-state index contributed by atoms with van der Waals surface area (Å²) < 4.78 is 68.4. The number of benzene rings is 1. The number of nitrogens with one attached hydrogen (secondary N) is 2. The van der Waals surface area contributed by atoms with Gasteiger partial charge in [-0.05, 0) is 42.7 Å². The summed E-state index contributed by atoms with van der Waals surface area (Å²) in [5.74, 6) is -0.111. The highest BCUT2D eigenvalue weighted by atomic mass is 32.2. The van der Waals surface area contributed by atoms with Crippen LogP contribution in [0.5, 0.6) is 0 Å². The monoisotopic (exact) mass is 415 g/mol. The predicted molar refractivity (Wildman–Crippen MR) is 96.8 cm³/mol. The van der Waals surface area contributed by atoms with Crippen molar-refractivity contribution in [3.63, 3.8) is 0 Å². The van der Waals surface area contributed by atoms with Crippen molar-refractivity contribution >= 4 is 15.9 Å². The van der Waals surface area contributed by atoms with Crippen molar-refractivity contribution < 1.29 is 26.4 Å². The molecule has 10 heteroatoms. The molecule has 0 radical (unpaired) electrons. The fourth-order valence-electron chi connectivity index (χ4n) is 3.26. The number of aromatic amines is 1. The first-order chi connectivity index (χ1) is 13.1. The topological polar surface area (TPSA) is 82.3 Å². The van der Waals surface area contributed by atoms with Gasteiger partial charge in [-0.15, -0.1) is 0 Å². The summed E-state index contributed by atoms with van der Waals surface area (Å²) in [6.07, 6.45) is -2.56. The Kier molecular flexibility index (Phi) is 5.53. The number of hydrogen-bond acceptors (Lipinski definition) is 3. The highest BCUT2D eigenvalue weighted by Crippen LogP contribution is 2.37. The van der Waals surface area contributed by atoms with Gasteiger partial charge in [0.1, 0.15) is 0 Å². The Morgan fingerprint density at radius 3 is 2.43 bits per heavy atom. The zero-order chi connectivity index (χ0) is 20.5. The first-order valence-corrected chi connectivity index (χ1v) is 10.2. The minimum absolute atomic E-state index is 0.111. The summed E-state index contributed by atoms with van der Waals surface area (Å²) >= 11 is 0. The Labute approximate surface area is 160 Å². The number of hydrogen-bond donors (Lipinski definition) is 2. The van der Waals surface area contributed by atoms with Crippen LogP contribution in [0.1, 0.15) is 25.3 Å². The molecule has 6 nitrogen and oxygen atoms in total. The zero-order valence-corrected chi connectivity index (χ0v) is 15.9. The molecular formula is C18H20F3N3O3S. The van der Waals surface area contributed by atoms with Gasteiger partial charge in [0.15, 0.2) is 0 Å². The van der Waals surface area contributed by atoms with Crippen LogP contribution in [0.4, 0.5) is 13.2 Å². The number of amides is 1. The average Bonchev–Trinajstić information content (AvgIpc) is 3.15. The molecule has 0 aliphatic carbocycles. The van der Waals surface area contributed by atoms with Crippen LogP contribution in [0.3, 0.4) is 0 Å². The van der Waals surface area contributed by atoms with Crippen LogP contribution in [-0.2, 0) is 21.0 Å². The van der Waals surface area contributed by atoms with Gasteiger partial charge in [0.05, 0.1) is 10.5 Å². The number of aromatic nitrogens is 1. The summed E-state index contributed by atoms with van der Waals surface area (Å²) in [5.41, 5.74) is -0.515. The molecule has 1 aliphatic heterocycles. The van der Waals surface area contributed by atoms with Crippen LogP contribution in [0.25, 0.3) is 11.3 Å². The lowest BCUT2D eigenvalue weighted by Crippen LogP contribution is -2.46. The number of rotatable bonds is 4. The van der Waals surface area contributed by atoms with Crippen LogP contribution in [0, 0.1) is 0 Å². The highest BCUT2D eigenvalue weighted by Gasteiger charge is 2.38. The van der Waals surface area contributed by atoms with Crippen LogP contribution >= 0.6 is 0 Å². The Bertz CT molecular complexity index is 948. The van der Waals surface area contributed by atoms with Gasteiger partial charge < -0.3 is 9.88 Å². The fourth-order valence-corrected chi connectivity index (χ4v) is 4.77. The molecule has 1 aromatic carbocycles. The van der Waals surface area contributed by atoms with Gasteiger partial charge in [-0.25, -0.2) is 13.1 Å². The molecule has 2 heterocycles. The molecule has 0 bridgehead atoms. The second kappa shape index (κ2) is 7.59. The van der Waals surface area contributed by atoms with Crippen LogP contribution in [-0.4, -0.2) is 43.3 Å². The van der Waals surface area contributed by atoms with Gasteiger partial charge in [-0.3, -0.25) is 4.79 Å². The first kappa shape index (κ1) is 20.4. The van der Waals surface area contributed by atoms with Crippen LogP contribution < -0.4 is 4.72 Å². The van der Waals surface area contributed by atoms with Crippen molar-refractivity contribution in [1.29, 1.82) is 0 Å². The third kappa shape index (κ3) is 4.39. The molecule has 0 spiro atoms. The molecule has 0 saturated carbocycles. The zero-order valence-electron chi connectivity index (χ0n) is 15.1. The quantitative estimate of drug-likeness (QED) is 0.806. The van der Waals surface area contributed by atoms with Crippen molar-refractivity contribution in [2.75, 3.05) is 13.1 Å². The molecule has 28 heavy (non-hydrogen) atoms. The molecule has 1 aliphatic rings. The highest BCUT2D eigenvalue weighted by molar-refractivity contribution is 7.89. The van der Waals surface area contributed by atoms with Crippen molar-refractivity contribution in [2.45, 2.75) is 36.9 Å². The summed E-state index contributed by atoms with van der Waals surface area (Å²) in [5, 5.41) is 0. The normalized spacial score (nSPS) is 16.4. The maximum atomic E-state index is 13.6. The van der Waals surface area contributed by atoms with E-state index in [1.54, 1.807) is 23.2 Å². The van der Waals surface area contributed by atoms with E-state index in [2.05, 4.69) is 9.71 Å². The lowest BCUT2D eigenvalue weighted by Gasteiger charge is -2.31. The molecule has 2 aromatic rings. The minimum Gasteiger partial charge on any atom is -0.361 e. The van der Waals surface area contributed by atoms with E-state index in [9.17, 15) is 26.4 Å². The lowest BCUT2D eigenvalue weighted by atomic mass is 10.1. The minimum atomic E-state index is -4.83. The second-order valence-electron chi connectivity index (χ2n) is 6.69. The molecule has 2 N–H and O–H groups in total. The molecule has 1 amide bonds. The summed E-state index contributed by atoms with van der Waals surface area (Å²) in [6.45, 7) is 2.15. The molecule has 152 valence electrons. The molecule has 0 atom stereocenters. The van der Waals surface area contributed by atoms with Gasteiger partial charge in [0, 0.05) is 37.9 Å². The van der Waals surface area contributed by atoms with E-state index in [-0.39, 0.29) is 11.5 Å². The van der Waals surface area contributed by atoms with Crippen molar-refractivity contribution in [3.8, 4) is 11.3 Å². The number of sulfonamides is 1. The largest absolute Gasteiger partial charge is 0.417 e. The predicted octanol–water partition coefficient (Wildman–Crippen LogP) is 2.99. The van der Waals surface area contributed by atoms with Gasteiger partial charge in [0.25, 0.3) is 0 Å². The van der Waals surface area contributed by atoms with E-state index in [4.69, 9.17) is 0 Å². The maximum absolute atomic E-state index is 13.6. The van der Waals surface area contributed by atoms with Gasteiger partial charge in [-0.2, -0.15) is 13.2 Å². The average molecular weight is 415 g/mol. The Balaban J connectivity index is 1.88. The lowest BCUT2D eigenvalue weighted by molar-refractivity contribution is -0.139. The van der Waals surface area contributed by atoms with E-state index in [1.165, 1.54) is 13.0 Å². The number of alkyl halides is 3. The van der Waals surface area contributed by atoms with Crippen LogP contribution in [0.2, 0.25) is 0 Å². The van der Waals surface area contributed by atoms with Crippen molar-refractivity contribution in [3.05, 3.63) is 42.1 Å². The van der Waals surface area contributed by atoms with Crippen molar-refractivity contribution in [1.82, 2.24) is 14.6 Å². The molecule has 1 saturated heterocycles. The molecule has 3 rings (SSSR count). The third-order valence-corrected chi connectivity index (χ3v) is 6.32.